The van der Waals surface area contributed by atoms with Gasteiger partial charge < -0.3 is 5.32 Å². The second-order valence-electron chi connectivity index (χ2n) is 9.57. The van der Waals surface area contributed by atoms with Gasteiger partial charge in [-0.2, -0.15) is 4.72 Å². The number of sulfonamides is 1. The average molecular weight is 425 g/mol. The highest BCUT2D eigenvalue weighted by atomic mass is 35.5. The molecule has 1 amide bonds. The minimum Gasteiger partial charge on any atom is -0.351 e. The number of carbonyl (C=O) groups is 1. The Bertz CT molecular complexity index is 869. The van der Waals surface area contributed by atoms with Gasteiger partial charge in [0.05, 0.1) is 4.90 Å². The van der Waals surface area contributed by atoms with Gasteiger partial charge in [-0.05, 0) is 94.2 Å². The van der Waals surface area contributed by atoms with Crippen molar-refractivity contribution in [1.29, 1.82) is 0 Å². The Morgan fingerprint density at radius 2 is 1.64 bits per heavy atom. The quantitative estimate of drug-likeness (QED) is 0.757. The summed E-state index contributed by atoms with van der Waals surface area (Å²) in [5.41, 5.74) is -0.440. The molecular formula is C21H29ClN2O3S. The highest BCUT2D eigenvalue weighted by Crippen LogP contribution is 2.53. The molecular weight excluding hydrogens is 396 g/mol. The monoisotopic (exact) mass is 424 g/mol. The predicted octanol–water partition coefficient (Wildman–Crippen LogP) is 3.65. The fraction of sp³-hybridized carbons (Fsp3) is 0.667. The molecule has 0 saturated heterocycles. The molecule has 5 rings (SSSR count). The molecule has 0 spiro atoms. The summed E-state index contributed by atoms with van der Waals surface area (Å²) >= 11 is 6.08. The molecule has 4 bridgehead atoms. The topological polar surface area (TPSA) is 75.3 Å². The summed E-state index contributed by atoms with van der Waals surface area (Å²) in [5, 5.41) is 3.59. The molecule has 0 radical (unpaired) electrons. The van der Waals surface area contributed by atoms with E-state index in [4.69, 9.17) is 11.6 Å². The SMILES string of the molecule is Cc1ccc(S(=O)(=O)NC(C)(C)C(=O)NC2C3CC4CC(C3)CC2C4)cc1Cl. The van der Waals surface area contributed by atoms with Crippen LogP contribution in [-0.2, 0) is 14.8 Å². The molecule has 4 fully saturated rings. The Hall–Kier alpha value is -1.11. The second kappa shape index (κ2) is 6.99. The van der Waals surface area contributed by atoms with E-state index in [0.717, 1.165) is 17.4 Å². The van der Waals surface area contributed by atoms with Crippen LogP contribution in [0.1, 0.15) is 51.5 Å². The minimum atomic E-state index is -3.86. The zero-order valence-electron chi connectivity index (χ0n) is 16.7. The van der Waals surface area contributed by atoms with Gasteiger partial charge in [-0.15, -0.1) is 0 Å². The van der Waals surface area contributed by atoms with Gasteiger partial charge in [0.2, 0.25) is 15.9 Å². The van der Waals surface area contributed by atoms with Crippen LogP contribution < -0.4 is 10.0 Å². The lowest BCUT2D eigenvalue weighted by Crippen LogP contribution is -2.62. The molecule has 0 unspecified atom stereocenters. The first-order valence-electron chi connectivity index (χ1n) is 10.2. The number of rotatable bonds is 5. The summed E-state index contributed by atoms with van der Waals surface area (Å²) in [6, 6.07) is 4.77. The fourth-order valence-electron chi connectivity index (χ4n) is 5.67. The molecule has 0 aromatic heterocycles. The van der Waals surface area contributed by atoms with Gasteiger partial charge in [-0.1, -0.05) is 17.7 Å². The van der Waals surface area contributed by atoms with E-state index in [2.05, 4.69) is 10.0 Å². The summed E-state index contributed by atoms with van der Waals surface area (Å²) in [6.45, 7) is 5.05. The first-order chi connectivity index (χ1) is 13.0. The Morgan fingerprint density at radius 1 is 1.07 bits per heavy atom. The average Bonchev–Trinajstić information content (AvgIpc) is 2.58. The van der Waals surface area contributed by atoms with Crippen molar-refractivity contribution in [2.75, 3.05) is 0 Å². The number of aryl methyl sites for hydroxylation is 1. The number of carbonyl (C=O) groups excluding carboxylic acids is 1. The van der Waals surface area contributed by atoms with Crippen molar-refractivity contribution in [3.05, 3.63) is 28.8 Å². The first kappa shape index (κ1) is 20.2. The number of halogens is 1. The number of amides is 1. The number of nitrogens with one attached hydrogen (secondary N) is 2. The van der Waals surface area contributed by atoms with E-state index in [0.29, 0.717) is 16.9 Å². The zero-order valence-corrected chi connectivity index (χ0v) is 18.2. The number of hydrogen-bond donors (Lipinski definition) is 2. The summed E-state index contributed by atoms with van der Waals surface area (Å²) in [7, 11) is -3.86. The van der Waals surface area contributed by atoms with E-state index in [1.165, 1.54) is 44.2 Å². The third kappa shape index (κ3) is 3.71. The van der Waals surface area contributed by atoms with E-state index in [1.54, 1.807) is 19.9 Å². The smallest absolute Gasteiger partial charge is 0.241 e. The van der Waals surface area contributed by atoms with Crippen molar-refractivity contribution < 1.29 is 13.2 Å². The molecule has 2 N–H and O–H groups in total. The van der Waals surface area contributed by atoms with Crippen LogP contribution in [0.2, 0.25) is 5.02 Å². The molecule has 4 aliphatic rings. The molecule has 0 aliphatic heterocycles. The zero-order chi connectivity index (χ0) is 20.3. The van der Waals surface area contributed by atoms with Crippen molar-refractivity contribution in [2.45, 2.75) is 69.4 Å². The summed E-state index contributed by atoms with van der Waals surface area (Å²) in [6.07, 6.45) is 6.16. The summed E-state index contributed by atoms with van der Waals surface area (Å²) in [5.74, 6) is 2.49. The standard InChI is InChI=1S/C21H29ClN2O3S/c1-12-4-5-17(11-18(12)22)28(26,27)24-21(2,3)20(25)23-19-15-7-13-6-14(9-15)10-16(19)8-13/h4-5,11,13-16,19,24H,6-10H2,1-3H3,(H,23,25). The minimum absolute atomic E-state index is 0.0681. The van der Waals surface area contributed by atoms with E-state index in [1.807, 2.05) is 6.92 Å². The maximum absolute atomic E-state index is 13.0. The van der Waals surface area contributed by atoms with Crippen molar-refractivity contribution in [1.82, 2.24) is 10.0 Å². The molecule has 1 aromatic rings. The Balaban J connectivity index is 1.47. The molecule has 154 valence electrons. The van der Waals surface area contributed by atoms with Gasteiger partial charge in [0.15, 0.2) is 0 Å². The molecule has 0 atom stereocenters. The van der Waals surface area contributed by atoms with Crippen LogP contribution in [0.15, 0.2) is 23.1 Å². The molecule has 7 heteroatoms. The summed E-state index contributed by atoms with van der Waals surface area (Å²) < 4.78 is 28.2. The van der Waals surface area contributed by atoms with E-state index in [-0.39, 0.29) is 16.8 Å². The fourth-order valence-corrected chi connectivity index (χ4v) is 7.32. The van der Waals surface area contributed by atoms with Gasteiger partial charge in [0, 0.05) is 11.1 Å². The highest BCUT2D eigenvalue weighted by molar-refractivity contribution is 7.89. The van der Waals surface area contributed by atoms with Crippen molar-refractivity contribution in [3.63, 3.8) is 0 Å². The van der Waals surface area contributed by atoms with Gasteiger partial charge in [0.1, 0.15) is 5.54 Å². The summed E-state index contributed by atoms with van der Waals surface area (Å²) in [4.78, 5) is 13.1. The van der Waals surface area contributed by atoms with E-state index >= 15 is 0 Å². The lowest BCUT2D eigenvalue weighted by atomic mass is 9.54. The van der Waals surface area contributed by atoms with Gasteiger partial charge in [-0.3, -0.25) is 4.79 Å². The molecule has 1 aromatic carbocycles. The Labute approximate surface area is 172 Å². The van der Waals surface area contributed by atoms with Crippen LogP contribution in [0.4, 0.5) is 0 Å². The van der Waals surface area contributed by atoms with Crippen LogP contribution in [0.25, 0.3) is 0 Å². The third-order valence-electron chi connectivity index (χ3n) is 6.94. The van der Waals surface area contributed by atoms with Crippen LogP contribution in [0.5, 0.6) is 0 Å². The van der Waals surface area contributed by atoms with Crippen molar-refractivity contribution in [2.24, 2.45) is 23.7 Å². The van der Waals surface area contributed by atoms with E-state index in [9.17, 15) is 13.2 Å². The normalized spacial score (nSPS) is 31.8. The maximum Gasteiger partial charge on any atom is 0.241 e. The Morgan fingerprint density at radius 3 is 2.18 bits per heavy atom. The molecule has 28 heavy (non-hydrogen) atoms. The number of benzene rings is 1. The van der Waals surface area contributed by atoms with E-state index < -0.39 is 15.6 Å². The lowest BCUT2D eigenvalue weighted by Gasteiger charge is -2.54. The predicted molar refractivity (Wildman–Crippen MR) is 110 cm³/mol. The van der Waals surface area contributed by atoms with Gasteiger partial charge in [-0.25, -0.2) is 8.42 Å². The molecule has 5 nitrogen and oxygen atoms in total. The maximum atomic E-state index is 13.0. The lowest BCUT2D eigenvalue weighted by molar-refractivity contribution is -0.129. The first-order valence-corrected chi connectivity index (χ1v) is 12.0. The second-order valence-corrected chi connectivity index (χ2v) is 11.7. The van der Waals surface area contributed by atoms with Crippen LogP contribution in [-0.4, -0.2) is 25.9 Å². The van der Waals surface area contributed by atoms with Crippen molar-refractivity contribution >= 4 is 27.5 Å². The Kier molecular flexibility index (Phi) is 5.04. The van der Waals surface area contributed by atoms with Crippen LogP contribution >= 0.6 is 11.6 Å². The van der Waals surface area contributed by atoms with Crippen LogP contribution in [0, 0.1) is 30.6 Å². The van der Waals surface area contributed by atoms with Gasteiger partial charge >= 0.3 is 0 Å². The van der Waals surface area contributed by atoms with Crippen LogP contribution in [0.3, 0.4) is 0 Å². The number of hydrogen-bond acceptors (Lipinski definition) is 3. The molecule has 4 aliphatic carbocycles. The molecule has 4 saturated carbocycles. The highest BCUT2D eigenvalue weighted by Gasteiger charge is 2.49. The van der Waals surface area contributed by atoms with Gasteiger partial charge in [0.25, 0.3) is 0 Å². The third-order valence-corrected chi connectivity index (χ3v) is 9.00. The van der Waals surface area contributed by atoms with Crippen molar-refractivity contribution in [3.8, 4) is 0 Å². The largest absolute Gasteiger partial charge is 0.351 e. The molecule has 0 heterocycles.